The molecule has 1 atom stereocenters. The average Bonchev–Trinajstić information content (AvgIpc) is 2.30. The first-order chi connectivity index (χ1) is 7.11. The SMILES string of the molecule is CCC(O)CO.OB(O)c1ccccc1. The first-order valence-electron chi connectivity index (χ1n) is 4.81. The first kappa shape index (κ1) is 14.1. The zero-order valence-electron chi connectivity index (χ0n) is 8.74. The Balaban J connectivity index is 0.000000288. The van der Waals surface area contributed by atoms with Gasteiger partial charge in [-0.2, -0.15) is 0 Å². The van der Waals surface area contributed by atoms with Gasteiger partial charge in [-0.3, -0.25) is 0 Å². The fourth-order valence-corrected chi connectivity index (χ4v) is 0.754. The predicted octanol–water partition coefficient (Wildman–Crippen LogP) is -0.884. The van der Waals surface area contributed by atoms with E-state index in [2.05, 4.69) is 0 Å². The molecule has 0 radical (unpaired) electrons. The number of hydrogen-bond donors (Lipinski definition) is 4. The van der Waals surface area contributed by atoms with Crippen LogP contribution in [0.4, 0.5) is 0 Å². The molecule has 0 fully saturated rings. The summed E-state index contributed by atoms with van der Waals surface area (Å²) in [7, 11) is -1.34. The summed E-state index contributed by atoms with van der Waals surface area (Å²) in [5.74, 6) is 0. The molecule has 0 aliphatic heterocycles. The van der Waals surface area contributed by atoms with Crippen LogP contribution in [0, 0.1) is 0 Å². The Hall–Kier alpha value is -0.875. The molecule has 0 saturated carbocycles. The van der Waals surface area contributed by atoms with Crippen LogP contribution in [0.25, 0.3) is 0 Å². The van der Waals surface area contributed by atoms with Crippen LogP contribution in [-0.4, -0.2) is 40.1 Å². The molecule has 0 saturated heterocycles. The smallest absolute Gasteiger partial charge is 0.423 e. The lowest BCUT2D eigenvalue weighted by Gasteiger charge is -1.97. The van der Waals surface area contributed by atoms with Crippen molar-refractivity contribution in [2.45, 2.75) is 19.4 Å². The molecule has 1 rings (SSSR count). The van der Waals surface area contributed by atoms with Crippen molar-refractivity contribution in [3.05, 3.63) is 30.3 Å². The van der Waals surface area contributed by atoms with Crippen molar-refractivity contribution in [2.75, 3.05) is 6.61 Å². The summed E-state index contributed by atoms with van der Waals surface area (Å²) in [4.78, 5) is 0. The lowest BCUT2D eigenvalue weighted by molar-refractivity contribution is 0.0923. The van der Waals surface area contributed by atoms with Crippen LogP contribution in [0.2, 0.25) is 0 Å². The molecule has 0 aromatic heterocycles. The number of aliphatic hydroxyl groups excluding tert-OH is 2. The average molecular weight is 212 g/mol. The minimum atomic E-state index is -1.34. The van der Waals surface area contributed by atoms with Gasteiger partial charge in [-0.25, -0.2) is 0 Å². The Kier molecular flexibility index (Phi) is 7.94. The highest BCUT2D eigenvalue weighted by Crippen LogP contribution is 1.83. The molecular formula is C10H17BO4. The molecule has 15 heavy (non-hydrogen) atoms. The van der Waals surface area contributed by atoms with Crippen LogP contribution in [0.5, 0.6) is 0 Å². The maximum Gasteiger partial charge on any atom is 0.488 e. The van der Waals surface area contributed by atoms with Crippen molar-refractivity contribution in [1.82, 2.24) is 0 Å². The summed E-state index contributed by atoms with van der Waals surface area (Å²) in [6.07, 6.45) is 0.126. The lowest BCUT2D eigenvalue weighted by Crippen LogP contribution is -2.29. The fraction of sp³-hybridized carbons (Fsp3) is 0.400. The van der Waals surface area contributed by atoms with E-state index in [-0.39, 0.29) is 6.61 Å². The second kappa shape index (κ2) is 8.43. The van der Waals surface area contributed by atoms with Crippen molar-refractivity contribution >= 4 is 12.6 Å². The van der Waals surface area contributed by atoms with Crippen LogP contribution in [0.3, 0.4) is 0 Å². The Bertz CT molecular complexity index is 236. The molecule has 1 unspecified atom stereocenters. The third-order valence-corrected chi connectivity index (χ3v) is 1.78. The van der Waals surface area contributed by atoms with Crippen LogP contribution in [-0.2, 0) is 0 Å². The van der Waals surface area contributed by atoms with E-state index >= 15 is 0 Å². The van der Waals surface area contributed by atoms with E-state index in [9.17, 15) is 0 Å². The van der Waals surface area contributed by atoms with E-state index < -0.39 is 13.2 Å². The van der Waals surface area contributed by atoms with Gasteiger partial charge < -0.3 is 20.3 Å². The van der Waals surface area contributed by atoms with Gasteiger partial charge >= 0.3 is 7.12 Å². The minimum Gasteiger partial charge on any atom is -0.423 e. The zero-order valence-corrected chi connectivity index (χ0v) is 8.74. The second-order valence-corrected chi connectivity index (χ2v) is 3.03. The lowest BCUT2D eigenvalue weighted by atomic mass is 9.81. The Morgan fingerprint density at radius 3 is 1.93 bits per heavy atom. The van der Waals surface area contributed by atoms with Crippen LogP contribution < -0.4 is 5.46 Å². The molecule has 1 aromatic rings. The fourth-order valence-electron chi connectivity index (χ4n) is 0.754. The second-order valence-electron chi connectivity index (χ2n) is 3.03. The van der Waals surface area contributed by atoms with Gasteiger partial charge in [0.15, 0.2) is 0 Å². The quantitative estimate of drug-likeness (QED) is 0.490. The Morgan fingerprint density at radius 1 is 1.20 bits per heavy atom. The normalized spacial score (nSPS) is 11.3. The predicted molar refractivity (Wildman–Crippen MR) is 59.7 cm³/mol. The van der Waals surface area contributed by atoms with Gasteiger partial charge in [0.05, 0.1) is 12.7 Å². The van der Waals surface area contributed by atoms with E-state index in [1.165, 1.54) is 0 Å². The van der Waals surface area contributed by atoms with Crippen molar-refractivity contribution < 1.29 is 20.3 Å². The van der Waals surface area contributed by atoms with Crippen LogP contribution in [0.1, 0.15) is 13.3 Å². The molecule has 4 nitrogen and oxygen atoms in total. The van der Waals surface area contributed by atoms with Crippen molar-refractivity contribution in [1.29, 1.82) is 0 Å². The first-order valence-corrected chi connectivity index (χ1v) is 4.81. The van der Waals surface area contributed by atoms with E-state index in [4.69, 9.17) is 20.3 Å². The van der Waals surface area contributed by atoms with Gasteiger partial charge in [0, 0.05) is 0 Å². The zero-order chi connectivity index (χ0) is 11.7. The summed E-state index contributed by atoms with van der Waals surface area (Å²) >= 11 is 0. The summed E-state index contributed by atoms with van der Waals surface area (Å²) < 4.78 is 0. The van der Waals surface area contributed by atoms with Crippen LogP contribution in [0.15, 0.2) is 30.3 Å². The Morgan fingerprint density at radius 2 is 1.73 bits per heavy atom. The highest BCUT2D eigenvalue weighted by molar-refractivity contribution is 6.58. The number of benzene rings is 1. The third-order valence-electron chi connectivity index (χ3n) is 1.78. The minimum absolute atomic E-state index is 0.115. The van der Waals surface area contributed by atoms with Gasteiger partial charge in [-0.15, -0.1) is 0 Å². The molecule has 0 aliphatic rings. The highest BCUT2D eigenvalue weighted by Gasteiger charge is 2.07. The third kappa shape index (κ3) is 7.10. The topological polar surface area (TPSA) is 80.9 Å². The van der Waals surface area contributed by atoms with E-state index in [0.717, 1.165) is 0 Å². The summed E-state index contributed by atoms with van der Waals surface area (Å²) in [5.41, 5.74) is 0.525. The van der Waals surface area contributed by atoms with Crippen LogP contribution >= 0.6 is 0 Å². The van der Waals surface area contributed by atoms with Gasteiger partial charge in [0.25, 0.3) is 0 Å². The maximum absolute atomic E-state index is 8.58. The summed E-state index contributed by atoms with van der Waals surface area (Å²) in [6.45, 7) is 1.71. The molecule has 0 bridgehead atoms. The van der Waals surface area contributed by atoms with Gasteiger partial charge in [-0.1, -0.05) is 37.3 Å². The molecular weight excluding hydrogens is 195 g/mol. The molecule has 0 amide bonds. The molecule has 0 heterocycles. The van der Waals surface area contributed by atoms with E-state index in [0.29, 0.717) is 11.9 Å². The van der Waals surface area contributed by atoms with E-state index in [1.807, 2.05) is 13.0 Å². The monoisotopic (exact) mass is 212 g/mol. The molecule has 0 aliphatic carbocycles. The van der Waals surface area contributed by atoms with Crippen molar-refractivity contribution in [2.24, 2.45) is 0 Å². The standard InChI is InChI=1S/C6H7BO2.C4H10O2/c8-7(9)6-4-2-1-3-5-6;1-2-4(6)3-5/h1-5,8-9H;4-6H,2-3H2,1H3. The van der Waals surface area contributed by atoms with Gasteiger partial charge in [0.2, 0.25) is 0 Å². The maximum atomic E-state index is 8.58. The molecule has 84 valence electrons. The number of aliphatic hydroxyl groups is 2. The summed E-state index contributed by atoms with van der Waals surface area (Å²) in [5, 5.41) is 33.7. The molecule has 1 aromatic carbocycles. The molecule has 0 spiro atoms. The summed E-state index contributed by atoms with van der Waals surface area (Å²) in [6, 6.07) is 8.66. The van der Waals surface area contributed by atoms with E-state index in [1.54, 1.807) is 24.3 Å². The van der Waals surface area contributed by atoms with Gasteiger partial charge in [-0.05, 0) is 11.9 Å². The Labute approximate surface area is 90.0 Å². The van der Waals surface area contributed by atoms with Crippen molar-refractivity contribution in [3.63, 3.8) is 0 Å². The number of hydrogen-bond acceptors (Lipinski definition) is 4. The molecule has 4 N–H and O–H groups in total. The highest BCUT2D eigenvalue weighted by atomic mass is 16.4. The van der Waals surface area contributed by atoms with Gasteiger partial charge in [0.1, 0.15) is 0 Å². The largest absolute Gasteiger partial charge is 0.488 e. The number of rotatable bonds is 3. The molecule has 5 heteroatoms. The van der Waals surface area contributed by atoms with Crippen molar-refractivity contribution in [3.8, 4) is 0 Å².